The van der Waals surface area contributed by atoms with E-state index in [-0.39, 0.29) is 17.0 Å². The number of rotatable bonds is 3. The first-order valence-electron chi connectivity index (χ1n) is 6.92. The fourth-order valence-electron chi connectivity index (χ4n) is 3.42. The molecule has 0 bridgehead atoms. The second-order valence-corrected chi connectivity index (χ2v) is 7.23. The van der Waals surface area contributed by atoms with Gasteiger partial charge in [0.25, 0.3) is 0 Å². The summed E-state index contributed by atoms with van der Waals surface area (Å²) in [6.45, 7) is 2.89. The third-order valence-corrected chi connectivity index (χ3v) is 5.87. The van der Waals surface area contributed by atoms with Gasteiger partial charge in [0, 0.05) is 24.2 Å². The average molecular weight is 298 g/mol. The molecule has 2 saturated heterocycles. The Bertz CT molecular complexity index is 499. The van der Waals surface area contributed by atoms with E-state index in [9.17, 15) is 14.7 Å². The van der Waals surface area contributed by atoms with Crippen molar-refractivity contribution in [3.05, 3.63) is 11.3 Å². The molecule has 0 aliphatic carbocycles. The number of hydrogen-bond acceptors (Lipinski definition) is 4. The van der Waals surface area contributed by atoms with Gasteiger partial charge in [-0.2, -0.15) is 0 Å². The van der Waals surface area contributed by atoms with Gasteiger partial charge in [-0.3, -0.25) is 9.69 Å². The quantitative estimate of drug-likeness (QED) is 0.557. The minimum Gasteiger partial charge on any atom is -0.477 e. The first-order chi connectivity index (χ1) is 9.43. The van der Waals surface area contributed by atoms with Gasteiger partial charge in [0.2, 0.25) is 5.91 Å². The van der Waals surface area contributed by atoms with Crippen LogP contribution in [0.4, 0.5) is 0 Å². The van der Waals surface area contributed by atoms with E-state index in [1.165, 1.54) is 17.7 Å². The van der Waals surface area contributed by atoms with Crippen LogP contribution in [0.25, 0.3) is 0 Å². The van der Waals surface area contributed by atoms with Gasteiger partial charge in [-0.05, 0) is 0 Å². The maximum atomic E-state index is 11.9. The molecule has 110 valence electrons. The summed E-state index contributed by atoms with van der Waals surface area (Å²) in [6.07, 6.45) is 2.38. The molecular formula is C13H20N3O3S+. The van der Waals surface area contributed by atoms with E-state index in [4.69, 9.17) is 5.73 Å². The number of likely N-dealkylation sites (tertiary alicyclic amines) is 1. The van der Waals surface area contributed by atoms with Crippen molar-refractivity contribution >= 4 is 23.6 Å². The van der Waals surface area contributed by atoms with Gasteiger partial charge in [0.15, 0.2) is 0 Å². The highest BCUT2D eigenvalue weighted by atomic mass is 32.2. The molecule has 20 heavy (non-hydrogen) atoms. The van der Waals surface area contributed by atoms with Crippen molar-refractivity contribution in [1.29, 1.82) is 0 Å². The smallest absolute Gasteiger partial charge is 0.352 e. The first kappa shape index (κ1) is 13.9. The Labute approximate surface area is 122 Å². The van der Waals surface area contributed by atoms with Gasteiger partial charge >= 0.3 is 5.97 Å². The van der Waals surface area contributed by atoms with E-state index in [2.05, 4.69) is 7.05 Å². The zero-order valence-corrected chi connectivity index (χ0v) is 12.4. The lowest BCUT2D eigenvalue weighted by molar-refractivity contribution is -0.893. The molecule has 3 heterocycles. The zero-order chi connectivity index (χ0) is 14.5. The van der Waals surface area contributed by atoms with Crippen LogP contribution in [-0.2, 0) is 9.59 Å². The van der Waals surface area contributed by atoms with Crippen LogP contribution in [-0.4, -0.2) is 70.2 Å². The molecule has 1 amide bonds. The number of quaternary nitrogens is 1. The molecular weight excluding hydrogens is 278 g/mol. The fraction of sp³-hybridized carbons (Fsp3) is 0.692. The Hall–Kier alpha value is -1.05. The summed E-state index contributed by atoms with van der Waals surface area (Å²) in [6, 6.07) is -0.549. The van der Waals surface area contributed by atoms with E-state index in [1.54, 1.807) is 11.8 Å². The molecule has 7 heteroatoms. The number of carboxylic acid groups (broad SMARTS) is 1. The number of thioether (sulfide) groups is 1. The fourth-order valence-corrected chi connectivity index (χ4v) is 4.70. The maximum Gasteiger partial charge on any atom is 0.352 e. The van der Waals surface area contributed by atoms with Crippen LogP contribution in [0.1, 0.15) is 12.8 Å². The van der Waals surface area contributed by atoms with Gasteiger partial charge in [-0.25, -0.2) is 4.79 Å². The molecule has 3 aliphatic heterocycles. The molecule has 0 saturated carbocycles. The van der Waals surface area contributed by atoms with Crippen LogP contribution >= 0.6 is 11.8 Å². The van der Waals surface area contributed by atoms with Crippen molar-refractivity contribution < 1.29 is 19.2 Å². The average Bonchev–Trinajstić information content (AvgIpc) is 2.83. The van der Waals surface area contributed by atoms with Crippen LogP contribution in [0.2, 0.25) is 0 Å². The van der Waals surface area contributed by atoms with Crippen molar-refractivity contribution in [1.82, 2.24) is 4.90 Å². The van der Waals surface area contributed by atoms with Gasteiger partial charge in [0.1, 0.15) is 23.7 Å². The predicted octanol–water partition coefficient (Wildman–Crippen LogP) is -0.192. The lowest BCUT2D eigenvalue weighted by Gasteiger charge is -2.48. The standard InChI is InChI=1S/C13H19N3O3S/c1-16(4-2-3-5-16)6-8-7-20-12-9(14)11(17)15(12)10(8)13(18)19/h9,12H,2-7,14H2,1H3/p+1/t9-,12+/m1/s1. The van der Waals surface area contributed by atoms with Crippen molar-refractivity contribution in [2.24, 2.45) is 5.73 Å². The zero-order valence-electron chi connectivity index (χ0n) is 11.5. The summed E-state index contributed by atoms with van der Waals surface area (Å²) in [7, 11) is 2.17. The highest BCUT2D eigenvalue weighted by Gasteiger charge is 2.52. The normalized spacial score (nSPS) is 32.1. The number of carbonyl (C=O) groups excluding carboxylic acids is 1. The van der Waals surface area contributed by atoms with E-state index in [0.717, 1.165) is 29.7 Å². The molecule has 0 aromatic heterocycles. The molecule has 2 atom stereocenters. The number of β-lactam (4-membered cyclic amide) rings is 1. The summed E-state index contributed by atoms with van der Waals surface area (Å²) in [5.41, 5.74) is 6.81. The van der Waals surface area contributed by atoms with Gasteiger partial charge in [-0.1, -0.05) is 0 Å². The summed E-state index contributed by atoms with van der Waals surface area (Å²) in [5, 5.41) is 9.29. The molecule has 0 aromatic rings. The Morgan fingerprint density at radius 1 is 1.50 bits per heavy atom. The van der Waals surface area contributed by atoms with Crippen LogP contribution < -0.4 is 5.73 Å². The lowest BCUT2D eigenvalue weighted by atomic mass is 10.0. The highest BCUT2D eigenvalue weighted by molar-refractivity contribution is 8.00. The Kier molecular flexibility index (Phi) is 3.30. The summed E-state index contributed by atoms with van der Waals surface area (Å²) in [5.74, 6) is -0.602. The Balaban J connectivity index is 1.90. The minimum absolute atomic E-state index is 0.187. The Morgan fingerprint density at radius 3 is 2.75 bits per heavy atom. The third kappa shape index (κ3) is 2.04. The number of carboxylic acids is 1. The number of amides is 1. The van der Waals surface area contributed by atoms with Crippen molar-refractivity contribution in [3.8, 4) is 0 Å². The monoisotopic (exact) mass is 298 g/mol. The second-order valence-electron chi connectivity index (χ2n) is 6.12. The predicted molar refractivity (Wildman–Crippen MR) is 75.7 cm³/mol. The van der Waals surface area contributed by atoms with E-state index < -0.39 is 12.0 Å². The number of carbonyl (C=O) groups is 2. The van der Waals surface area contributed by atoms with E-state index in [1.807, 2.05) is 0 Å². The molecule has 0 radical (unpaired) electrons. The number of fused-ring (bicyclic) bond motifs is 1. The van der Waals surface area contributed by atoms with Crippen LogP contribution in [0.3, 0.4) is 0 Å². The molecule has 2 fully saturated rings. The maximum absolute atomic E-state index is 11.9. The number of nitrogens with two attached hydrogens (primary N) is 1. The molecule has 0 aromatic carbocycles. The minimum atomic E-state index is -1.00. The van der Waals surface area contributed by atoms with Crippen LogP contribution in [0, 0.1) is 0 Å². The van der Waals surface area contributed by atoms with Crippen molar-refractivity contribution in [2.45, 2.75) is 24.3 Å². The first-order valence-corrected chi connectivity index (χ1v) is 7.97. The number of aliphatic carboxylic acids is 1. The van der Waals surface area contributed by atoms with Crippen molar-refractivity contribution in [3.63, 3.8) is 0 Å². The molecule has 0 spiro atoms. The SMILES string of the molecule is C[N+]1(CC2=C(C(=O)O)N3C(=O)[C@@H](N)[C@@H]3SC2)CCCC1. The third-order valence-electron chi connectivity index (χ3n) is 4.51. The lowest BCUT2D eigenvalue weighted by Crippen LogP contribution is -2.68. The number of hydrogen-bond donors (Lipinski definition) is 2. The van der Waals surface area contributed by atoms with E-state index >= 15 is 0 Å². The molecule has 0 unspecified atom stereocenters. The van der Waals surface area contributed by atoms with Gasteiger partial charge < -0.3 is 15.3 Å². The largest absolute Gasteiger partial charge is 0.477 e. The molecule has 3 aliphatic rings. The number of likely N-dealkylation sites (N-methyl/N-ethyl adjacent to an activating group) is 1. The van der Waals surface area contributed by atoms with E-state index in [0.29, 0.717) is 5.75 Å². The summed E-state index contributed by atoms with van der Waals surface area (Å²) >= 11 is 1.59. The van der Waals surface area contributed by atoms with Crippen LogP contribution in [0.5, 0.6) is 0 Å². The highest BCUT2D eigenvalue weighted by Crippen LogP contribution is 2.40. The van der Waals surface area contributed by atoms with Gasteiger partial charge in [-0.15, -0.1) is 11.8 Å². The van der Waals surface area contributed by atoms with Gasteiger partial charge in [0.05, 0.1) is 20.1 Å². The second kappa shape index (κ2) is 4.75. The molecule has 3 rings (SSSR count). The Morgan fingerprint density at radius 2 is 2.15 bits per heavy atom. The molecule has 6 nitrogen and oxygen atoms in total. The van der Waals surface area contributed by atoms with Crippen molar-refractivity contribution in [2.75, 3.05) is 32.4 Å². The summed E-state index contributed by atoms with van der Waals surface area (Å²) in [4.78, 5) is 24.8. The molecule has 3 N–H and O–H groups in total. The van der Waals surface area contributed by atoms with Crippen LogP contribution in [0.15, 0.2) is 11.3 Å². The number of nitrogens with zero attached hydrogens (tertiary/aromatic N) is 2. The topological polar surface area (TPSA) is 83.6 Å². The summed E-state index contributed by atoms with van der Waals surface area (Å²) < 4.78 is 0.880.